The summed E-state index contributed by atoms with van der Waals surface area (Å²) < 4.78 is 0. The lowest BCUT2D eigenvalue weighted by Crippen LogP contribution is -2.46. The van der Waals surface area contributed by atoms with Gasteiger partial charge in [0.2, 0.25) is 0 Å². The van der Waals surface area contributed by atoms with Crippen LogP contribution in [0.15, 0.2) is 24.3 Å². The Morgan fingerprint density at radius 3 is 2.80 bits per heavy atom. The van der Waals surface area contributed by atoms with Crippen molar-refractivity contribution in [1.82, 2.24) is 10.2 Å². The third-order valence-corrected chi connectivity index (χ3v) is 4.29. The standard InChI is InChI=1S/C15H23N3O2/c1-11-10-13(8-9-17(11)3)16-12(2)14-6-4-5-7-15(14)18(19)20/h4-7,11-13,16H,8-10H2,1-3H3. The average Bonchev–Trinajstić information content (AvgIpc) is 2.43. The molecule has 20 heavy (non-hydrogen) atoms. The minimum atomic E-state index is -0.301. The molecule has 110 valence electrons. The minimum absolute atomic E-state index is 0.00259. The van der Waals surface area contributed by atoms with E-state index in [-0.39, 0.29) is 16.7 Å². The van der Waals surface area contributed by atoms with E-state index in [2.05, 4.69) is 24.2 Å². The van der Waals surface area contributed by atoms with Gasteiger partial charge in [0.05, 0.1) is 4.92 Å². The van der Waals surface area contributed by atoms with Crippen LogP contribution in [0.3, 0.4) is 0 Å². The maximum atomic E-state index is 11.1. The molecule has 5 nitrogen and oxygen atoms in total. The summed E-state index contributed by atoms with van der Waals surface area (Å²) in [7, 11) is 2.15. The normalized spacial score (nSPS) is 25.4. The van der Waals surface area contributed by atoms with Gasteiger partial charge < -0.3 is 10.2 Å². The number of likely N-dealkylation sites (tertiary alicyclic amines) is 1. The van der Waals surface area contributed by atoms with Crippen LogP contribution in [0.2, 0.25) is 0 Å². The lowest BCUT2D eigenvalue weighted by molar-refractivity contribution is -0.385. The van der Waals surface area contributed by atoms with Gasteiger partial charge >= 0.3 is 0 Å². The van der Waals surface area contributed by atoms with E-state index in [1.807, 2.05) is 19.1 Å². The van der Waals surface area contributed by atoms with E-state index in [0.29, 0.717) is 12.1 Å². The van der Waals surface area contributed by atoms with Crippen molar-refractivity contribution in [2.24, 2.45) is 0 Å². The number of piperidine rings is 1. The molecular weight excluding hydrogens is 254 g/mol. The van der Waals surface area contributed by atoms with Crippen molar-refractivity contribution in [2.45, 2.75) is 44.8 Å². The predicted octanol–water partition coefficient (Wildman–Crippen LogP) is 2.73. The molecule has 0 saturated carbocycles. The summed E-state index contributed by atoms with van der Waals surface area (Å²) in [6.07, 6.45) is 2.17. The second-order valence-corrected chi connectivity index (χ2v) is 5.76. The quantitative estimate of drug-likeness (QED) is 0.679. The summed E-state index contributed by atoms with van der Waals surface area (Å²) in [5.74, 6) is 0. The Labute approximate surface area is 120 Å². The highest BCUT2D eigenvalue weighted by atomic mass is 16.6. The van der Waals surface area contributed by atoms with Gasteiger partial charge in [0.15, 0.2) is 0 Å². The first-order chi connectivity index (χ1) is 9.49. The Morgan fingerprint density at radius 2 is 2.15 bits per heavy atom. The number of benzene rings is 1. The van der Waals surface area contributed by atoms with Crippen LogP contribution < -0.4 is 5.32 Å². The van der Waals surface area contributed by atoms with Gasteiger partial charge in [-0.2, -0.15) is 0 Å². The molecule has 1 aromatic carbocycles. The molecule has 1 aliphatic rings. The molecule has 1 aliphatic heterocycles. The Bertz CT molecular complexity index is 478. The fourth-order valence-corrected chi connectivity index (χ4v) is 2.90. The van der Waals surface area contributed by atoms with Gasteiger partial charge in [0.1, 0.15) is 0 Å². The number of nitrogens with one attached hydrogen (secondary N) is 1. The van der Waals surface area contributed by atoms with E-state index in [9.17, 15) is 10.1 Å². The van der Waals surface area contributed by atoms with Crippen molar-refractivity contribution < 1.29 is 4.92 Å². The summed E-state index contributed by atoms with van der Waals surface area (Å²) in [6, 6.07) is 7.97. The van der Waals surface area contributed by atoms with E-state index in [0.717, 1.165) is 24.9 Å². The van der Waals surface area contributed by atoms with E-state index in [4.69, 9.17) is 0 Å². The molecule has 1 N–H and O–H groups in total. The van der Waals surface area contributed by atoms with E-state index in [1.54, 1.807) is 12.1 Å². The molecule has 1 saturated heterocycles. The first-order valence-corrected chi connectivity index (χ1v) is 7.18. The Hall–Kier alpha value is -1.46. The Kier molecular flexibility index (Phi) is 4.73. The first kappa shape index (κ1) is 14.9. The van der Waals surface area contributed by atoms with Crippen LogP contribution in [0.25, 0.3) is 0 Å². The number of nitro benzene ring substituents is 1. The molecule has 2 rings (SSSR count). The third-order valence-electron chi connectivity index (χ3n) is 4.29. The van der Waals surface area contributed by atoms with Gasteiger partial charge in [0.25, 0.3) is 5.69 Å². The largest absolute Gasteiger partial charge is 0.307 e. The highest BCUT2D eigenvalue weighted by Crippen LogP contribution is 2.26. The van der Waals surface area contributed by atoms with E-state index >= 15 is 0 Å². The molecule has 0 amide bonds. The van der Waals surface area contributed by atoms with Crippen molar-refractivity contribution >= 4 is 5.69 Å². The van der Waals surface area contributed by atoms with Crippen molar-refractivity contribution in [3.8, 4) is 0 Å². The van der Waals surface area contributed by atoms with Gasteiger partial charge in [-0.05, 0) is 40.3 Å². The number of para-hydroxylation sites is 1. The van der Waals surface area contributed by atoms with Crippen molar-refractivity contribution in [1.29, 1.82) is 0 Å². The van der Waals surface area contributed by atoms with Crippen LogP contribution in [0, 0.1) is 10.1 Å². The number of nitrogens with zero attached hydrogens (tertiary/aromatic N) is 2. The summed E-state index contributed by atoms with van der Waals surface area (Å²) in [5.41, 5.74) is 0.970. The lowest BCUT2D eigenvalue weighted by atomic mass is 9.96. The average molecular weight is 277 g/mol. The highest BCUT2D eigenvalue weighted by Gasteiger charge is 2.26. The van der Waals surface area contributed by atoms with E-state index < -0.39 is 0 Å². The predicted molar refractivity (Wildman–Crippen MR) is 79.8 cm³/mol. The van der Waals surface area contributed by atoms with Gasteiger partial charge in [-0.1, -0.05) is 18.2 Å². The zero-order chi connectivity index (χ0) is 14.7. The summed E-state index contributed by atoms with van der Waals surface area (Å²) >= 11 is 0. The van der Waals surface area contributed by atoms with Crippen molar-refractivity contribution in [3.63, 3.8) is 0 Å². The molecule has 1 heterocycles. The van der Waals surface area contributed by atoms with Crippen LogP contribution in [-0.2, 0) is 0 Å². The Balaban J connectivity index is 2.05. The number of rotatable bonds is 4. The Morgan fingerprint density at radius 1 is 1.45 bits per heavy atom. The fraction of sp³-hybridized carbons (Fsp3) is 0.600. The molecule has 5 heteroatoms. The molecule has 0 spiro atoms. The molecule has 0 radical (unpaired) electrons. The van der Waals surface area contributed by atoms with Crippen molar-refractivity contribution in [2.75, 3.05) is 13.6 Å². The second kappa shape index (κ2) is 6.33. The second-order valence-electron chi connectivity index (χ2n) is 5.76. The number of nitro groups is 1. The zero-order valence-electron chi connectivity index (χ0n) is 12.4. The molecule has 3 atom stereocenters. The molecule has 0 bridgehead atoms. The van der Waals surface area contributed by atoms with Crippen LogP contribution in [0.4, 0.5) is 5.69 Å². The van der Waals surface area contributed by atoms with Crippen LogP contribution >= 0.6 is 0 Å². The summed E-state index contributed by atoms with van der Waals surface area (Å²) in [4.78, 5) is 13.1. The smallest absolute Gasteiger partial charge is 0.274 e. The molecule has 1 aromatic rings. The molecule has 1 fully saturated rings. The zero-order valence-corrected chi connectivity index (χ0v) is 12.4. The first-order valence-electron chi connectivity index (χ1n) is 7.18. The van der Waals surface area contributed by atoms with E-state index in [1.165, 1.54) is 0 Å². The number of hydrogen-bond donors (Lipinski definition) is 1. The SMILES string of the molecule is CC(NC1CCN(C)C(C)C1)c1ccccc1[N+](=O)[O-]. The topological polar surface area (TPSA) is 58.4 Å². The third kappa shape index (κ3) is 3.35. The van der Waals surface area contributed by atoms with Gasteiger partial charge in [-0.15, -0.1) is 0 Å². The van der Waals surface area contributed by atoms with Gasteiger partial charge in [-0.25, -0.2) is 0 Å². The highest BCUT2D eigenvalue weighted by molar-refractivity contribution is 5.41. The molecule has 3 unspecified atom stereocenters. The van der Waals surface area contributed by atoms with Gasteiger partial charge in [-0.3, -0.25) is 10.1 Å². The minimum Gasteiger partial charge on any atom is -0.307 e. The maximum absolute atomic E-state index is 11.1. The maximum Gasteiger partial charge on any atom is 0.274 e. The van der Waals surface area contributed by atoms with Crippen LogP contribution in [0.5, 0.6) is 0 Å². The molecular formula is C15H23N3O2. The molecule has 0 aromatic heterocycles. The van der Waals surface area contributed by atoms with Crippen molar-refractivity contribution in [3.05, 3.63) is 39.9 Å². The lowest BCUT2D eigenvalue weighted by Gasteiger charge is -2.36. The monoisotopic (exact) mass is 277 g/mol. The number of hydrogen-bond acceptors (Lipinski definition) is 4. The molecule has 0 aliphatic carbocycles. The van der Waals surface area contributed by atoms with Crippen LogP contribution in [-0.4, -0.2) is 35.5 Å². The van der Waals surface area contributed by atoms with Crippen LogP contribution in [0.1, 0.15) is 38.3 Å². The summed E-state index contributed by atoms with van der Waals surface area (Å²) in [6.45, 7) is 5.30. The van der Waals surface area contributed by atoms with Gasteiger partial charge in [0, 0.05) is 29.8 Å². The fourth-order valence-electron chi connectivity index (χ4n) is 2.90. The summed E-state index contributed by atoms with van der Waals surface area (Å²) in [5, 5.41) is 14.6.